The summed E-state index contributed by atoms with van der Waals surface area (Å²) in [4.78, 5) is 14.6. The van der Waals surface area contributed by atoms with Crippen molar-refractivity contribution in [2.45, 2.75) is 25.8 Å². The summed E-state index contributed by atoms with van der Waals surface area (Å²) in [6.45, 7) is 9.82. The molecule has 3 unspecified atom stereocenters. The number of nitrogens with zero attached hydrogens (tertiary/aromatic N) is 2. The highest BCUT2D eigenvalue weighted by atomic mass is 35.5. The Hall–Kier alpha value is -0.970. The van der Waals surface area contributed by atoms with E-state index in [1.54, 1.807) is 12.1 Å². The van der Waals surface area contributed by atoms with Crippen molar-refractivity contribution in [3.8, 4) is 0 Å². The number of halogens is 2. The average molecular weight is 354 g/mol. The van der Waals surface area contributed by atoms with Crippen LogP contribution in [0.5, 0.6) is 0 Å². The van der Waals surface area contributed by atoms with Gasteiger partial charge in [-0.2, -0.15) is 0 Å². The first-order valence-corrected chi connectivity index (χ1v) is 9.35. The van der Waals surface area contributed by atoms with Crippen LogP contribution < -0.4 is 0 Å². The molecule has 3 rings (SSSR count). The van der Waals surface area contributed by atoms with E-state index in [2.05, 4.69) is 4.90 Å². The monoisotopic (exact) mass is 353 g/mol. The first kappa shape index (κ1) is 17.8. The Balaban J connectivity index is 1.56. The van der Waals surface area contributed by atoms with Gasteiger partial charge in [0, 0.05) is 19.6 Å². The van der Waals surface area contributed by atoms with E-state index >= 15 is 0 Å². The summed E-state index contributed by atoms with van der Waals surface area (Å²) in [7, 11) is 0. The quantitative estimate of drug-likeness (QED) is 0.473. The van der Waals surface area contributed by atoms with Crippen LogP contribution >= 0.6 is 11.6 Å². The molecule has 3 nitrogen and oxygen atoms in total. The topological polar surface area (TPSA) is 20.3 Å². The van der Waals surface area contributed by atoms with Gasteiger partial charge in [0.05, 0.1) is 31.5 Å². The fraction of sp³-hybridized carbons (Fsp3) is 0.632. The standard InChI is InChI=1S/C19H27ClFN2O/c1-14-13-23(19(20)15(2)18(14)24)10-8-22(9-11-23)7-6-16-4-3-5-17(21)12-16/h3-5,12,14-15,19H,6-11,13H2,1-2H3/q+1. The lowest BCUT2D eigenvalue weighted by Gasteiger charge is -2.52. The van der Waals surface area contributed by atoms with Crippen molar-refractivity contribution in [3.63, 3.8) is 0 Å². The summed E-state index contributed by atoms with van der Waals surface area (Å²) in [6, 6.07) is 6.85. The van der Waals surface area contributed by atoms with Gasteiger partial charge in [-0.15, -0.1) is 0 Å². The van der Waals surface area contributed by atoms with Crippen LogP contribution in [0.2, 0.25) is 0 Å². The van der Waals surface area contributed by atoms with E-state index < -0.39 is 0 Å². The zero-order valence-electron chi connectivity index (χ0n) is 14.5. The van der Waals surface area contributed by atoms with Crippen molar-refractivity contribution in [1.82, 2.24) is 4.90 Å². The summed E-state index contributed by atoms with van der Waals surface area (Å²) < 4.78 is 14.1. The van der Waals surface area contributed by atoms with E-state index in [0.29, 0.717) is 5.78 Å². The Labute approximate surface area is 149 Å². The lowest BCUT2D eigenvalue weighted by Crippen LogP contribution is -2.69. The molecule has 2 aliphatic heterocycles. The first-order chi connectivity index (χ1) is 11.4. The molecular formula is C19H27ClFN2O+. The molecule has 0 bridgehead atoms. The van der Waals surface area contributed by atoms with Gasteiger partial charge in [-0.05, 0) is 31.0 Å². The lowest BCUT2D eigenvalue weighted by molar-refractivity contribution is -0.949. The molecule has 5 heteroatoms. The van der Waals surface area contributed by atoms with Gasteiger partial charge in [0.1, 0.15) is 5.82 Å². The van der Waals surface area contributed by atoms with Crippen LogP contribution in [0.4, 0.5) is 4.39 Å². The third kappa shape index (κ3) is 3.51. The summed E-state index contributed by atoms with van der Waals surface area (Å²) in [5.41, 5.74) is 0.949. The van der Waals surface area contributed by atoms with E-state index in [1.807, 2.05) is 19.9 Å². The minimum atomic E-state index is -0.165. The zero-order chi connectivity index (χ0) is 17.3. The predicted molar refractivity (Wildman–Crippen MR) is 94.4 cm³/mol. The summed E-state index contributed by atoms with van der Waals surface area (Å²) in [5, 5.41) is 0. The highest BCUT2D eigenvalue weighted by molar-refractivity contribution is 6.21. The van der Waals surface area contributed by atoms with Crippen molar-refractivity contribution < 1.29 is 13.7 Å². The van der Waals surface area contributed by atoms with Crippen molar-refractivity contribution in [3.05, 3.63) is 35.6 Å². The maximum atomic E-state index is 13.3. The lowest BCUT2D eigenvalue weighted by atomic mass is 9.87. The first-order valence-electron chi connectivity index (χ1n) is 8.92. The van der Waals surface area contributed by atoms with Crippen LogP contribution in [0.1, 0.15) is 19.4 Å². The molecule has 3 atom stereocenters. The Morgan fingerprint density at radius 2 is 2.00 bits per heavy atom. The number of alkyl halides is 1. The number of benzene rings is 1. The molecule has 0 amide bonds. The molecule has 0 aromatic heterocycles. The molecule has 2 fully saturated rings. The molecule has 24 heavy (non-hydrogen) atoms. The maximum absolute atomic E-state index is 13.3. The molecule has 0 N–H and O–H groups in total. The molecule has 1 aromatic rings. The van der Waals surface area contributed by atoms with Crippen molar-refractivity contribution in [2.24, 2.45) is 11.8 Å². The third-order valence-electron chi connectivity index (χ3n) is 5.84. The normalized spacial score (nSPS) is 30.7. The number of ketones is 1. The Bertz CT molecular complexity index is 601. The Morgan fingerprint density at radius 3 is 2.67 bits per heavy atom. The Morgan fingerprint density at radius 1 is 1.29 bits per heavy atom. The molecule has 2 saturated heterocycles. The van der Waals surface area contributed by atoms with Gasteiger partial charge in [0.2, 0.25) is 0 Å². The van der Waals surface area contributed by atoms with Crippen molar-refractivity contribution in [2.75, 3.05) is 39.3 Å². The van der Waals surface area contributed by atoms with Gasteiger partial charge >= 0.3 is 0 Å². The molecule has 2 heterocycles. The van der Waals surface area contributed by atoms with Gasteiger partial charge < -0.3 is 4.48 Å². The van der Waals surface area contributed by atoms with Crippen LogP contribution in [-0.4, -0.2) is 59.9 Å². The van der Waals surface area contributed by atoms with Crippen LogP contribution in [-0.2, 0) is 11.2 Å². The third-order valence-corrected chi connectivity index (χ3v) is 6.63. The predicted octanol–water partition coefficient (Wildman–Crippen LogP) is 2.92. The molecule has 132 valence electrons. The van der Waals surface area contributed by atoms with Crippen LogP contribution in [0.15, 0.2) is 24.3 Å². The number of rotatable bonds is 3. The molecular weight excluding hydrogens is 327 g/mol. The number of Topliss-reactive ketones (excluding diaryl/α,β-unsaturated/α-hetero) is 1. The fourth-order valence-corrected chi connectivity index (χ4v) is 4.73. The highest BCUT2D eigenvalue weighted by Crippen LogP contribution is 2.35. The molecule has 1 aromatic carbocycles. The van der Waals surface area contributed by atoms with E-state index in [1.165, 1.54) is 6.07 Å². The second-order valence-electron chi connectivity index (χ2n) is 7.53. The van der Waals surface area contributed by atoms with Gasteiger partial charge in [0.25, 0.3) is 0 Å². The minimum absolute atomic E-state index is 0.0609. The van der Waals surface area contributed by atoms with Gasteiger partial charge in [-0.25, -0.2) is 4.39 Å². The molecule has 1 spiro atoms. The maximum Gasteiger partial charge on any atom is 0.174 e. The summed E-state index contributed by atoms with van der Waals surface area (Å²) >= 11 is 6.69. The second-order valence-corrected chi connectivity index (χ2v) is 7.98. The zero-order valence-corrected chi connectivity index (χ0v) is 15.3. The largest absolute Gasteiger partial charge is 0.305 e. The van der Waals surface area contributed by atoms with Crippen molar-refractivity contribution >= 4 is 17.4 Å². The van der Waals surface area contributed by atoms with E-state index in [-0.39, 0.29) is 23.2 Å². The molecule has 0 saturated carbocycles. The molecule has 2 aliphatic rings. The average Bonchev–Trinajstić information content (AvgIpc) is 2.58. The van der Waals surface area contributed by atoms with E-state index in [0.717, 1.165) is 55.7 Å². The van der Waals surface area contributed by atoms with Crippen LogP contribution in [0.25, 0.3) is 0 Å². The van der Waals surface area contributed by atoms with Crippen LogP contribution in [0, 0.1) is 17.7 Å². The van der Waals surface area contributed by atoms with E-state index in [4.69, 9.17) is 11.6 Å². The molecule has 0 aliphatic carbocycles. The van der Waals surface area contributed by atoms with Crippen LogP contribution in [0.3, 0.4) is 0 Å². The number of quaternary nitrogens is 1. The van der Waals surface area contributed by atoms with Gasteiger partial charge in [-0.1, -0.05) is 30.7 Å². The van der Waals surface area contributed by atoms with Gasteiger partial charge in [0.15, 0.2) is 11.3 Å². The fourth-order valence-electron chi connectivity index (χ4n) is 4.33. The number of carbonyl (C=O) groups is 1. The number of piperidine rings is 1. The van der Waals surface area contributed by atoms with E-state index in [9.17, 15) is 9.18 Å². The summed E-state index contributed by atoms with van der Waals surface area (Å²) in [5.74, 6) is 0.192. The SMILES string of the molecule is CC1C[N+]2(CCN(CCc3cccc(F)c3)CC2)C(Cl)C(C)C1=O. The Kier molecular flexibility index (Phi) is 5.28. The molecule has 0 radical (unpaired) electrons. The number of hydrogen-bond donors (Lipinski definition) is 0. The smallest absolute Gasteiger partial charge is 0.174 e. The van der Waals surface area contributed by atoms with Crippen molar-refractivity contribution in [1.29, 1.82) is 0 Å². The number of piperazine rings is 1. The number of hydrogen-bond acceptors (Lipinski definition) is 2. The minimum Gasteiger partial charge on any atom is -0.305 e. The second kappa shape index (κ2) is 7.11. The highest BCUT2D eigenvalue weighted by Gasteiger charge is 2.50. The van der Waals surface area contributed by atoms with Gasteiger partial charge in [-0.3, -0.25) is 9.69 Å². The number of carbonyl (C=O) groups excluding carboxylic acids is 1. The summed E-state index contributed by atoms with van der Waals surface area (Å²) in [6.07, 6.45) is 0.868.